The Morgan fingerprint density at radius 1 is 1.23 bits per heavy atom. The maximum atomic E-state index is 11.4. The van der Waals surface area contributed by atoms with Crippen LogP contribution in [0.4, 0.5) is 5.69 Å². The van der Waals surface area contributed by atoms with E-state index >= 15 is 0 Å². The molecule has 6 nitrogen and oxygen atoms in total. The maximum absolute atomic E-state index is 11.4. The normalized spacial score (nSPS) is 11.4. The molecule has 0 bridgehead atoms. The van der Waals surface area contributed by atoms with Gasteiger partial charge in [-0.25, -0.2) is 0 Å². The van der Waals surface area contributed by atoms with Gasteiger partial charge in [-0.15, -0.1) is 0 Å². The summed E-state index contributed by atoms with van der Waals surface area (Å²) < 4.78 is 33.7. The lowest BCUT2D eigenvalue weighted by Gasteiger charge is -2.15. The minimum Gasteiger partial charge on any atom is -0.383 e. The van der Waals surface area contributed by atoms with Crippen molar-refractivity contribution in [2.24, 2.45) is 0 Å². The molecule has 0 aliphatic carbocycles. The fraction of sp³-hybridized carbons (Fsp3) is 0.214. The molecule has 2 rings (SSSR count). The van der Waals surface area contributed by atoms with Crippen molar-refractivity contribution in [3.8, 4) is 0 Å². The van der Waals surface area contributed by atoms with E-state index in [-0.39, 0.29) is 10.8 Å². The molecular weight excluding hydrogens is 419 g/mol. The number of hydrogen-bond acceptors (Lipinski definition) is 4. The molecule has 2 aromatic carbocycles. The van der Waals surface area contributed by atoms with E-state index in [0.717, 1.165) is 5.69 Å². The number of fused-ring (bicyclic) bond motifs is 1. The van der Waals surface area contributed by atoms with Gasteiger partial charge in [-0.05, 0) is 12.1 Å². The number of nitrogens with one attached hydrogen (secondary N) is 1. The Kier molecular flexibility index (Phi) is 5.24. The summed E-state index contributed by atoms with van der Waals surface area (Å²) in [6.45, 7) is 2.53. The van der Waals surface area contributed by atoms with E-state index < -0.39 is 10.1 Å². The van der Waals surface area contributed by atoms with Crippen molar-refractivity contribution in [2.45, 2.75) is 11.8 Å². The third-order valence-corrected chi connectivity index (χ3v) is 5.20. The lowest BCUT2D eigenvalue weighted by Crippen LogP contribution is -2.24. The van der Waals surface area contributed by atoms with Gasteiger partial charge in [-0.1, -0.05) is 24.3 Å². The van der Waals surface area contributed by atoms with Gasteiger partial charge in [-0.3, -0.25) is 12.5 Å². The first-order chi connectivity index (χ1) is 10.3. The predicted octanol–water partition coefficient (Wildman–Crippen LogP) is 2.70. The molecule has 2 aromatic rings. The van der Waals surface area contributed by atoms with E-state index in [4.69, 9.17) is 0 Å². The third-order valence-electron chi connectivity index (χ3n) is 3.13. The van der Waals surface area contributed by atoms with Crippen LogP contribution in [0.3, 0.4) is 0 Å². The van der Waals surface area contributed by atoms with E-state index in [1.807, 2.05) is 28.9 Å². The summed E-state index contributed by atoms with van der Waals surface area (Å²) in [6.07, 6.45) is 0. The van der Waals surface area contributed by atoms with Gasteiger partial charge in [0.2, 0.25) is 5.91 Å². The van der Waals surface area contributed by atoms with Gasteiger partial charge < -0.3 is 5.32 Å². The van der Waals surface area contributed by atoms with Crippen molar-refractivity contribution < 1.29 is 17.8 Å². The molecule has 22 heavy (non-hydrogen) atoms. The lowest BCUT2D eigenvalue weighted by molar-refractivity contribution is -0.122. The molecule has 118 valence electrons. The van der Waals surface area contributed by atoms with Crippen LogP contribution in [0.1, 0.15) is 6.92 Å². The Bertz CT molecular complexity index is 808. The Morgan fingerprint density at radius 3 is 2.50 bits per heavy atom. The second kappa shape index (κ2) is 6.80. The number of rotatable bonds is 5. The van der Waals surface area contributed by atoms with Crippen LogP contribution in [0, 0.1) is 0 Å². The average molecular weight is 434 g/mol. The smallest absolute Gasteiger partial charge is 0.295 e. The molecule has 0 aliphatic heterocycles. The highest BCUT2D eigenvalue weighted by Crippen LogP contribution is 2.28. The maximum Gasteiger partial charge on any atom is 0.295 e. The third kappa shape index (κ3) is 3.87. The van der Waals surface area contributed by atoms with Crippen molar-refractivity contribution in [2.75, 3.05) is 18.4 Å². The summed E-state index contributed by atoms with van der Waals surface area (Å²) in [5.74, 6) is -0.0334. The summed E-state index contributed by atoms with van der Waals surface area (Å²) in [5, 5.41) is 4.32. The first-order valence-electron chi connectivity index (χ1n) is 6.47. The number of hydrogen-bond donors (Lipinski definition) is 2. The molecule has 0 fully saturated rings. The SMILES string of the molecule is CC(=O)N(I)CCNc1cccc2c(S(=O)(=O)O)cccc12. The molecule has 0 spiro atoms. The van der Waals surface area contributed by atoms with Crippen molar-refractivity contribution >= 4 is 55.3 Å². The topological polar surface area (TPSA) is 86.7 Å². The van der Waals surface area contributed by atoms with Crippen molar-refractivity contribution in [3.05, 3.63) is 36.4 Å². The van der Waals surface area contributed by atoms with Crippen LogP contribution in [0.2, 0.25) is 0 Å². The summed E-state index contributed by atoms with van der Waals surface area (Å²) in [4.78, 5) is 11.0. The lowest BCUT2D eigenvalue weighted by atomic mass is 10.1. The average Bonchev–Trinajstić information content (AvgIpc) is 2.45. The second-order valence-electron chi connectivity index (χ2n) is 4.66. The van der Waals surface area contributed by atoms with E-state index in [0.29, 0.717) is 23.9 Å². The van der Waals surface area contributed by atoms with Crippen molar-refractivity contribution in [1.29, 1.82) is 0 Å². The summed E-state index contributed by atoms with van der Waals surface area (Å²) >= 11 is 1.94. The quantitative estimate of drug-likeness (QED) is 0.430. The van der Waals surface area contributed by atoms with Gasteiger partial charge in [-0.2, -0.15) is 8.42 Å². The number of halogens is 1. The second-order valence-corrected chi connectivity index (χ2v) is 7.22. The predicted molar refractivity (Wildman–Crippen MR) is 93.7 cm³/mol. The molecular formula is C14H15IN2O4S. The van der Waals surface area contributed by atoms with Gasteiger partial charge >= 0.3 is 0 Å². The van der Waals surface area contributed by atoms with Gasteiger partial charge in [0.25, 0.3) is 10.1 Å². The molecule has 0 saturated heterocycles. The minimum absolute atomic E-state index is 0.0334. The zero-order chi connectivity index (χ0) is 16.3. The molecule has 8 heteroatoms. The fourth-order valence-corrected chi connectivity index (χ4v) is 3.05. The number of amides is 1. The summed E-state index contributed by atoms with van der Waals surface area (Å²) in [6, 6.07) is 9.90. The Morgan fingerprint density at radius 2 is 1.86 bits per heavy atom. The Balaban J connectivity index is 2.31. The van der Waals surface area contributed by atoms with E-state index in [1.54, 1.807) is 27.4 Å². The van der Waals surface area contributed by atoms with Crippen LogP contribution in [0.25, 0.3) is 10.8 Å². The largest absolute Gasteiger partial charge is 0.383 e. The van der Waals surface area contributed by atoms with Crippen LogP contribution >= 0.6 is 22.9 Å². The van der Waals surface area contributed by atoms with Gasteiger partial charge in [0.15, 0.2) is 0 Å². The first-order valence-corrected chi connectivity index (χ1v) is 8.88. The molecule has 0 aromatic heterocycles. The van der Waals surface area contributed by atoms with Crippen LogP contribution in [0.5, 0.6) is 0 Å². The molecule has 0 aliphatic rings. The standard InChI is InChI=1S/C14H15IN2O4S/c1-10(18)17(15)9-8-16-13-6-2-5-12-11(13)4-3-7-14(12)22(19,20)21/h2-7,16H,8-9H2,1H3,(H,19,20,21). The number of benzene rings is 2. The van der Waals surface area contributed by atoms with Crippen LogP contribution in [0.15, 0.2) is 41.3 Å². The van der Waals surface area contributed by atoms with Crippen LogP contribution < -0.4 is 5.32 Å². The van der Waals surface area contributed by atoms with Crippen LogP contribution in [-0.4, -0.2) is 35.1 Å². The molecule has 2 N–H and O–H groups in total. The highest BCUT2D eigenvalue weighted by atomic mass is 127. The van der Waals surface area contributed by atoms with E-state index in [9.17, 15) is 17.8 Å². The van der Waals surface area contributed by atoms with Crippen molar-refractivity contribution in [3.63, 3.8) is 0 Å². The van der Waals surface area contributed by atoms with Gasteiger partial charge in [0, 0.05) is 36.5 Å². The zero-order valence-corrected chi connectivity index (χ0v) is 14.8. The molecule has 0 radical (unpaired) electrons. The summed E-state index contributed by atoms with van der Waals surface area (Å²) in [5.41, 5.74) is 0.747. The minimum atomic E-state index is -4.27. The number of anilines is 1. The summed E-state index contributed by atoms with van der Waals surface area (Å²) in [7, 11) is -4.27. The van der Waals surface area contributed by atoms with E-state index in [1.165, 1.54) is 13.0 Å². The molecule has 0 atom stereocenters. The Labute approximate surface area is 142 Å². The first kappa shape index (κ1) is 17.0. The van der Waals surface area contributed by atoms with Gasteiger partial charge in [0.05, 0.1) is 22.9 Å². The fourth-order valence-electron chi connectivity index (χ4n) is 2.11. The number of carbonyl (C=O) groups is 1. The highest BCUT2D eigenvalue weighted by molar-refractivity contribution is 14.1. The molecule has 0 unspecified atom stereocenters. The van der Waals surface area contributed by atoms with Crippen molar-refractivity contribution in [1.82, 2.24) is 3.11 Å². The molecule has 0 saturated carbocycles. The van der Waals surface area contributed by atoms with Gasteiger partial charge in [0.1, 0.15) is 4.90 Å². The Hall–Kier alpha value is -1.39. The monoisotopic (exact) mass is 434 g/mol. The molecule has 0 heterocycles. The highest BCUT2D eigenvalue weighted by Gasteiger charge is 2.14. The molecule has 1 amide bonds. The number of nitrogens with zero attached hydrogens (tertiary/aromatic N) is 1. The number of carbonyl (C=O) groups excluding carboxylic acids is 1. The van der Waals surface area contributed by atoms with Crippen LogP contribution in [-0.2, 0) is 14.9 Å². The van der Waals surface area contributed by atoms with E-state index in [2.05, 4.69) is 5.32 Å². The zero-order valence-electron chi connectivity index (χ0n) is 11.8.